The summed E-state index contributed by atoms with van der Waals surface area (Å²) in [5.41, 5.74) is 2.34. The van der Waals surface area contributed by atoms with Crippen LogP contribution in [-0.4, -0.2) is 25.2 Å². The largest absolute Gasteiger partial charge is 0.466 e. The Morgan fingerprint density at radius 1 is 1.00 bits per heavy atom. The van der Waals surface area contributed by atoms with Crippen LogP contribution < -0.4 is 0 Å². The summed E-state index contributed by atoms with van der Waals surface area (Å²) in [5.74, 6) is -1.22. The minimum Gasteiger partial charge on any atom is -0.466 e. The van der Waals surface area contributed by atoms with Crippen LogP contribution in [0.25, 0.3) is 0 Å². The molecule has 0 amide bonds. The van der Waals surface area contributed by atoms with Crippen molar-refractivity contribution in [3.05, 3.63) is 35.4 Å². The van der Waals surface area contributed by atoms with Gasteiger partial charge in [0.25, 0.3) is 0 Å². The van der Waals surface area contributed by atoms with Crippen molar-refractivity contribution in [3.63, 3.8) is 0 Å². The molecule has 0 aromatic heterocycles. The standard InChI is InChI=1S/C19H28O4/c1-6-22-17(20)13-15(18(21)23-7-2)12-14-8-10-16(11-9-14)19(3,4)5/h8-11,15H,6-7,12-13H2,1-5H3. The Bertz CT molecular complexity index is 511. The van der Waals surface area contributed by atoms with Gasteiger partial charge >= 0.3 is 11.9 Å². The van der Waals surface area contributed by atoms with Gasteiger partial charge in [-0.25, -0.2) is 0 Å². The molecule has 0 aliphatic rings. The fourth-order valence-electron chi connectivity index (χ4n) is 2.35. The van der Waals surface area contributed by atoms with Gasteiger partial charge in [0.05, 0.1) is 25.6 Å². The van der Waals surface area contributed by atoms with E-state index in [2.05, 4.69) is 32.9 Å². The second kappa shape index (κ2) is 8.70. The van der Waals surface area contributed by atoms with Crippen LogP contribution in [0.1, 0.15) is 52.2 Å². The predicted octanol–water partition coefficient (Wildman–Crippen LogP) is 3.66. The van der Waals surface area contributed by atoms with Crippen molar-refractivity contribution in [2.75, 3.05) is 13.2 Å². The molecule has 128 valence electrons. The number of rotatable bonds is 7. The van der Waals surface area contributed by atoms with E-state index in [-0.39, 0.29) is 23.8 Å². The maximum absolute atomic E-state index is 12.1. The summed E-state index contributed by atoms with van der Waals surface area (Å²) < 4.78 is 10.0. The van der Waals surface area contributed by atoms with Crippen molar-refractivity contribution >= 4 is 11.9 Å². The molecule has 0 aliphatic heterocycles. The third kappa shape index (κ3) is 6.43. The molecule has 1 rings (SSSR count). The van der Waals surface area contributed by atoms with E-state index in [4.69, 9.17) is 9.47 Å². The second-order valence-corrected chi connectivity index (χ2v) is 6.61. The highest BCUT2D eigenvalue weighted by molar-refractivity contribution is 5.80. The Morgan fingerprint density at radius 3 is 2.04 bits per heavy atom. The van der Waals surface area contributed by atoms with E-state index in [9.17, 15) is 9.59 Å². The van der Waals surface area contributed by atoms with Crippen LogP contribution in [0.4, 0.5) is 0 Å². The molecule has 0 saturated heterocycles. The fraction of sp³-hybridized carbons (Fsp3) is 0.579. The highest BCUT2D eigenvalue weighted by Gasteiger charge is 2.24. The Labute approximate surface area is 139 Å². The summed E-state index contributed by atoms with van der Waals surface area (Å²) in [6.45, 7) is 10.6. The molecule has 1 unspecified atom stereocenters. The topological polar surface area (TPSA) is 52.6 Å². The zero-order chi connectivity index (χ0) is 17.5. The highest BCUT2D eigenvalue weighted by Crippen LogP contribution is 2.23. The van der Waals surface area contributed by atoms with Crippen LogP contribution in [0.3, 0.4) is 0 Å². The van der Waals surface area contributed by atoms with Crippen molar-refractivity contribution in [3.8, 4) is 0 Å². The van der Waals surface area contributed by atoms with Crippen molar-refractivity contribution < 1.29 is 19.1 Å². The molecule has 4 nitrogen and oxygen atoms in total. The van der Waals surface area contributed by atoms with Crippen LogP contribution >= 0.6 is 0 Å². The number of carbonyl (C=O) groups excluding carboxylic acids is 2. The number of esters is 2. The van der Waals surface area contributed by atoms with E-state index in [1.165, 1.54) is 5.56 Å². The summed E-state index contributed by atoms with van der Waals surface area (Å²) in [6.07, 6.45) is 0.524. The van der Waals surface area contributed by atoms with Crippen molar-refractivity contribution in [2.45, 2.75) is 52.9 Å². The first-order valence-corrected chi connectivity index (χ1v) is 8.19. The summed E-state index contributed by atoms with van der Waals surface area (Å²) in [5, 5.41) is 0. The molecule has 0 spiro atoms. The summed E-state index contributed by atoms with van der Waals surface area (Å²) in [7, 11) is 0. The first-order valence-electron chi connectivity index (χ1n) is 8.19. The smallest absolute Gasteiger partial charge is 0.309 e. The van der Waals surface area contributed by atoms with Gasteiger partial charge < -0.3 is 9.47 Å². The molecule has 23 heavy (non-hydrogen) atoms. The maximum Gasteiger partial charge on any atom is 0.309 e. The number of hydrogen-bond acceptors (Lipinski definition) is 4. The lowest BCUT2D eigenvalue weighted by molar-refractivity contribution is -0.154. The summed E-state index contributed by atoms with van der Waals surface area (Å²) >= 11 is 0. The van der Waals surface area contributed by atoms with Gasteiger partial charge in [0.1, 0.15) is 0 Å². The lowest BCUT2D eigenvalue weighted by Gasteiger charge is -2.20. The predicted molar refractivity (Wildman–Crippen MR) is 90.2 cm³/mol. The van der Waals surface area contributed by atoms with Crippen LogP contribution in [0.2, 0.25) is 0 Å². The lowest BCUT2D eigenvalue weighted by atomic mass is 9.86. The SMILES string of the molecule is CCOC(=O)CC(Cc1ccc(C(C)(C)C)cc1)C(=O)OCC. The Balaban J connectivity index is 2.83. The average molecular weight is 320 g/mol. The molecule has 0 heterocycles. The zero-order valence-corrected chi connectivity index (χ0v) is 14.8. The number of benzene rings is 1. The Morgan fingerprint density at radius 2 is 1.57 bits per heavy atom. The van der Waals surface area contributed by atoms with E-state index < -0.39 is 5.92 Å². The molecule has 1 aromatic carbocycles. The quantitative estimate of drug-likeness (QED) is 0.720. The van der Waals surface area contributed by atoms with E-state index in [1.807, 2.05) is 12.1 Å². The monoisotopic (exact) mass is 320 g/mol. The Kier molecular flexibility index (Phi) is 7.27. The minimum atomic E-state index is -0.505. The van der Waals surface area contributed by atoms with Crippen LogP contribution in [0.15, 0.2) is 24.3 Å². The normalized spacial score (nSPS) is 12.6. The summed E-state index contributed by atoms with van der Waals surface area (Å²) in [4.78, 5) is 23.8. The van der Waals surface area contributed by atoms with Crippen molar-refractivity contribution in [1.82, 2.24) is 0 Å². The zero-order valence-electron chi connectivity index (χ0n) is 14.8. The second-order valence-electron chi connectivity index (χ2n) is 6.61. The molecule has 0 N–H and O–H groups in total. The number of ether oxygens (including phenoxy) is 2. The lowest BCUT2D eigenvalue weighted by Crippen LogP contribution is -2.24. The van der Waals surface area contributed by atoms with Gasteiger partial charge in [0, 0.05) is 0 Å². The molecular formula is C19H28O4. The Hall–Kier alpha value is -1.84. The van der Waals surface area contributed by atoms with Crippen LogP contribution in [0, 0.1) is 5.92 Å². The van der Waals surface area contributed by atoms with E-state index in [0.29, 0.717) is 19.6 Å². The van der Waals surface area contributed by atoms with Crippen molar-refractivity contribution in [2.24, 2.45) is 5.92 Å². The van der Waals surface area contributed by atoms with Gasteiger partial charge in [0.2, 0.25) is 0 Å². The van der Waals surface area contributed by atoms with E-state index in [1.54, 1.807) is 13.8 Å². The average Bonchev–Trinajstić information content (AvgIpc) is 2.46. The van der Waals surface area contributed by atoms with Crippen LogP contribution in [-0.2, 0) is 30.9 Å². The minimum absolute atomic E-state index is 0.0493. The maximum atomic E-state index is 12.1. The fourth-order valence-corrected chi connectivity index (χ4v) is 2.35. The van der Waals surface area contributed by atoms with Crippen LogP contribution in [0.5, 0.6) is 0 Å². The molecule has 0 aliphatic carbocycles. The molecule has 0 fully saturated rings. The molecule has 0 saturated carbocycles. The first-order chi connectivity index (χ1) is 10.8. The third-order valence-corrected chi connectivity index (χ3v) is 3.64. The van der Waals surface area contributed by atoms with Gasteiger partial charge in [-0.05, 0) is 36.8 Å². The van der Waals surface area contributed by atoms with Gasteiger partial charge in [-0.2, -0.15) is 0 Å². The van der Waals surface area contributed by atoms with Gasteiger partial charge in [-0.3, -0.25) is 9.59 Å². The third-order valence-electron chi connectivity index (χ3n) is 3.64. The number of hydrogen-bond donors (Lipinski definition) is 0. The van der Waals surface area contributed by atoms with Crippen molar-refractivity contribution in [1.29, 1.82) is 0 Å². The number of carbonyl (C=O) groups is 2. The van der Waals surface area contributed by atoms with Gasteiger partial charge in [0.15, 0.2) is 0 Å². The molecule has 1 atom stereocenters. The molecular weight excluding hydrogens is 292 g/mol. The molecule has 4 heteroatoms. The first kappa shape index (κ1) is 19.2. The molecule has 1 aromatic rings. The molecule has 0 radical (unpaired) electrons. The molecule has 0 bridgehead atoms. The highest BCUT2D eigenvalue weighted by atomic mass is 16.5. The van der Waals surface area contributed by atoms with E-state index in [0.717, 1.165) is 5.56 Å². The van der Waals surface area contributed by atoms with E-state index >= 15 is 0 Å². The van der Waals surface area contributed by atoms with Gasteiger partial charge in [-0.15, -0.1) is 0 Å². The summed E-state index contributed by atoms with van der Waals surface area (Å²) in [6, 6.07) is 8.17. The van der Waals surface area contributed by atoms with Gasteiger partial charge in [-0.1, -0.05) is 45.0 Å².